The first kappa shape index (κ1) is 20.1. The van der Waals surface area contributed by atoms with E-state index in [1.165, 1.54) is 4.90 Å². The van der Waals surface area contributed by atoms with Gasteiger partial charge in [0.2, 0.25) is 0 Å². The maximum atomic E-state index is 5.68. The van der Waals surface area contributed by atoms with E-state index in [2.05, 4.69) is 53.7 Å². The number of hydrogen-bond acceptors (Lipinski definition) is 4. The Hall–Kier alpha value is -1.24. The number of hydrogen-bond donors (Lipinski definition) is 2. The van der Waals surface area contributed by atoms with Crippen LogP contribution in [-0.4, -0.2) is 56.8 Å². The first-order valence-corrected chi connectivity index (χ1v) is 10.1. The van der Waals surface area contributed by atoms with Crippen molar-refractivity contribution >= 4 is 17.7 Å². The second kappa shape index (κ2) is 12.2. The molecule has 140 valence electrons. The van der Waals surface area contributed by atoms with Crippen LogP contribution in [0.1, 0.15) is 26.7 Å². The predicted octanol–water partition coefficient (Wildman–Crippen LogP) is 2.92. The van der Waals surface area contributed by atoms with Gasteiger partial charge >= 0.3 is 0 Å². The Morgan fingerprint density at radius 3 is 2.92 bits per heavy atom. The minimum absolute atomic E-state index is 0.290. The van der Waals surface area contributed by atoms with E-state index in [1.807, 2.05) is 17.8 Å². The van der Waals surface area contributed by atoms with Gasteiger partial charge in [-0.1, -0.05) is 25.1 Å². The number of ether oxygens (including phenoxy) is 2. The number of rotatable bonds is 10. The van der Waals surface area contributed by atoms with Gasteiger partial charge in [0.15, 0.2) is 5.96 Å². The molecule has 2 rings (SSSR count). The van der Waals surface area contributed by atoms with Gasteiger partial charge in [0.25, 0.3) is 0 Å². The van der Waals surface area contributed by atoms with Crippen LogP contribution in [0.25, 0.3) is 0 Å². The monoisotopic (exact) mass is 365 g/mol. The Morgan fingerprint density at radius 2 is 2.20 bits per heavy atom. The van der Waals surface area contributed by atoms with Crippen LogP contribution in [0.4, 0.5) is 0 Å². The summed E-state index contributed by atoms with van der Waals surface area (Å²) in [5.74, 6) is 0.851. The summed E-state index contributed by atoms with van der Waals surface area (Å²) in [7, 11) is 0. The fraction of sp³-hybridized carbons (Fsp3) is 0.632. The lowest BCUT2D eigenvalue weighted by Crippen LogP contribution is -2.39. The summed E-state index contributed by atoms with van der Waals surface area (Å²) in [5.41, 5.74) is 0. The molecular formula is C19H31N3O2S. The molecule has 0 aromatic heterocycles. The maximum absolute atomic E-state index is 5.68. The third-order valence-electron chi connectivity index (χ3n) is 3.80. The van der Waals surface area contributed by atoms with Crippen molar-refractivity contribution in [2.75, 3.05) is 39.5 Å². The average Bonchev–Trinajstić information content (AvgIpc) is 3.13. The molecule has 6 heteroatoms. The standard InChI is InChI=1S/C19H31N3O2S/c1-3-20-19(21-11-13-23-15-17-8-7-12-24-17)22-14-16(2)25-18-9-5-4-6-10-18/h4-6,9-10,16-17H,3,7-8,11-15H2,1-2H3,(H2,20,21,22). The zero-order valence-electron chi connectivity index (χ0n) is 15.4. The lowest BCUT2D eigenvalue weighted by molar-refractivity contribution is 0.0191. The fourth-order valence-electron chi connectivity index (χ4n) is 2.56. The summed E-state index contributed by atoms with van der Waals surface area (Å²) in [4.78, 5) is 5.96. The SMILES string of the molecule is CCNC(=NCC(C)Sc1ccccc1)NCCOCC1CCCO1. The van der Waals surface area contributed by atoms with E-state index < -0.39 is 0 Å². The van der Waals surface area contributed by atoms with Crippen LogP contribution >= 0.6 is 11.8 Å². The predicted molar refractivity (Wildman–Crippen MR) is 106 cm³/mol. The quantitative estimate of drug-likeness (QED) is 0.289. The molecule has 0 spiro atoms. The van der Waals surface area contributed by atoms with Crippen molar-refractivity contribution in [1.29, 1.82) is 0 Å². The molecule has 2 N–H and O–H groups in total. The van der Waals surface area contributed by atoms with Gasteiger partial charge in [-0.05, 0) is 31.9 Å². The lowest BCUT2D eigenvalue weighted by atomic mass is 10.2. The average molecular weight is 366 g/mol. The smallest absolute Gasteiger partial charge is 0.191 e. The lowest BCUT2D eigenvalue weighted by Gasteiger charge is -2.14. The largest absolute Gasteiger partial charge is 0.377 e. The van der Waals surface area contributed by atoms with Crippen LogP contribution < -0.4 is 10.6 Å². The van der Waals surface area contributed by atoms with E-state index in [0.29, 0.717) is 18.5 Å². The van der Waals surface area contributed by atoms with Crippen LogP contribution in [0, 0.1) is 0 Å². The van der Waals surface area contributed by atoms with Gasteiger partial charge < -0.3 is 20.1 Å². The number of nitrogens with zero attached hydrogens (tertiary/aromatic N) is 1. The molecule has 25 heavy (non-hydrogen) atoms. The van der Waals surface area contributed by atoms with Crippen molar-refractivity contribution in [2.24, 2.45) is 4.99 Å². The molecule has 2 unspecified atom stereocenters. The second-order valence-corrected chi connectivity index (χ2v) is 7.61. The van der Waals surface area contributed by atoms with Crippen molar-refractivity contribution in [3.05, 3.63) is 30.3 Å². The number of aliphatic imine (C=N–C) groups is 1. The Bertz CT molecular complexity index is 493. The second-order valence-electron chi connectivity index (χ2n) is 6.10. The molecule has 1 saturated heterocycles. The minimum atomic E-state index is 0.290. The van der Waals surface area contributed by atoms with Crippen LogP contribution in [0.3, 0.4) is 0 Å². The van der Waals surface area contributed by atoms with Gasteiger partial charge in [-0.2, -0.15) is 0 Å². The van der Waals surface area contributed by atoms with Crippen molar-refractivity contribution in [3.8, 4) is 0 Å². The van der Waals surface area contributed by atoms with E-state index in [4.69, 9.17) is 9.47 Å². The highest BCUT2D eigenvalue weighted by atomic mass is 32.2. The highest BCUT2D eigenvalue weighted by Gasteiger charge is 2.14. The van der Waals surface area contributed by atoms with Crippen molar-refractivity contribution in [2.45, 2.75) is 42.9 Å². The Kier molecular flexibility index (Phi) is 9.77. The van der Waals surface area contributed by atoms with Crippen molar-refractivity contribution in [1.82, 2.24) is 10.6 Å². The van der Waals surface area contributed by atoms with E-state index in [-0.39, 0.29) is 6.10 Å². The van der Waals surface area contributed by atoms with Crippen LogP contribution in [0.2, 0.25) is 0 Å². The first-order chi connectivity index (χ1) is 12.3. The normalized spacial score (nSPS) is 19.0. The van der Waals surface area contributed by atoms with Crippen molar-refractivity contribution in [3.63, 3.8) is 0 Å². The van der Waals surface area contributed by atoms with E-state index in [1.54, 1.807) is 0 Å². The highest BCUT2D eigenvalue weighted by Crippen LogP contribution is 2.22. The summed E-state index contributed by atoms with van der Waals surface area (Å²) in [6.07, 6.45) is 2.56. The number of nitrogens with one attached hydrogen (secondary N) is 2. The molecule has 0 saturated carbocycles. The third kappa shape index (κ3) is 8.61. The Labute approximate surface area is 156 Å². The molecule has 0 bridgehead atoms. The summed E-state index contributed by atoms with van der Waals surface area (Å²) >= 11 is 1.85. The Balaban J connectivity index is 1.64. The third-order valence-corrected chi connectivity index (χ3v) is 4.89. The molecule has 1 aliphatic heterocycles. The number of thioether (sulfide) groups is 1. The molecule has 0 aliphatic carbocycles. The minimum Gasteiger partial charge on any atom is -0.377 e. The molecule has 1 aromatic carbocycles. The summed E-state index contributed by atoms with van der Waals surface area (Å²) in [6.45, 7) is 8.89. The first-order valence-electron chi connectivity index (χ1n) is 9.21. The van der Waals surface area contributed by atoms with Gasteiger partial charge in [0.1, 0.15) is 0 Å². The van der Waals surface area contributed by atoms with E-state index in [9.17, 15) is 0 Å². The molecular weight excluding hydrogens is 334 g/mol. The van der Waals surface area contributed by atoms with Gasteiger partial charge in [0.05, 0.1) is 25.9 Å². The maximum Gasteiger partial charge on any atom is 0.191 e. The topological polar surface area (TPSA) is 54.9 Å². The molecule has 1 aromatic rings. The zero-order chi connectivity index (χ0) is 17.7. The molecule has 1 aliphatic rings. The fourth-order valence-corrected chi connectivity index (χ4v) is 3.49. The highest BCUT2D eigenvalue weighted by molar-refractivity contribution is 8.00. The van der Waals surface area contributed by atoms with Gasteiger partial charge in [-0.25, -0.2) is 0 Å². The summed E-state index contributed by atoms with van der Waals surface area (Å²) in [6, 6.07) is 10.5. The molecule has 0 radical (unpaired) electrons. The van der Waals surface area contributed by atoms with E-state index in [0.717, 1.165) is 45.0 Å². The van der Waals surface area contributed by atoms with Crippen LogP contribution in [0.15, 0.2) is 40.2 Å². The van der Waals surface area contributed by atoms with Crippen LogP contribution in [-0.2, 0) is 9.47 Å². The van der Waals surface area contributed by atoms with E-state index >= 15 is 0 Å². The molecule has 0 amide bonds. The molecule has 5 nitrogen and oxygen atoms in total. The molecule has 1 fully saturated rings. The number of guanidine groups is 1. The van der Waals surface area contributed by atoms with Gasteiger partial charge in [-0.3, -0.25) is 4.99 Å². The Morgan fingerprint density at radius 1 is 1.36 bits per heavy atom. The van der Waals surface area contributed by atoms with Crippen molar-refractivity contribution < 1.29 is 9.47 Å². The summed E-state index contributed by atoms with van der Waals surface area (Å²) in [5, 5.41) is 7.04. The molecule has 1 heterocycles. The summed E-state index contributed by atoms with van der Waals surface area (Å²) < 4.78 is 11.2. The molecule has 2 atom stereocenters. The van der Waals surface area contributed by atoms with Gasteiger partial charge in [0, 0.05) is 29.8 Å². The zero-order valence-corrected chi connectivity index (χ0v) is 16.2. The van der Waals surface area contributed by atoms with Crippen LogP contribution in [0.5, 0.6) is 0 Å². The number of benzene rings is 1. The van der Waals surface area contributed by atoms with Gasteiger partial charge in [-0.15, -0.1) is 11.8 Å².